The SMILES string of the molecule is CN(CC1CCCC(NCC(O)c2ccc(O)c(C(N)=O)c2)C1)c1ccccc1. The summed E-state index contributed by atoms with van der Waals surface area (Å²) in [4.78, 5) is 13.7. The van der Waals surface area contributed by atoms with Gasteiger partial charge in [0.2, 0.25) is 0 Å². The topological polar surface area (TPSA) is 98.8 Å². The molecule has 1 saturated carbocycles. The van der Waals surface area contributed by atoms with Gasteiger partial charge in [-0.05, 0) is 55.0 Å². The minimum Gasteiger partial charge on any atom is -0.507 e. The van der Waals surface area contributed by atoms with Crippen molar-refractivity contribution >= 4 is 11.6 Å². The molecule has 6 heteroatoms. The second-order valence-electron chi connectivity index (χ2n) is 8.01. The minimum atomic E-state index is -0.763. The van der Waals surface area contributed by atoms with Gasteiger partial charge >= 0.3 is 0 Å². The Hall–Kier alpha value is -2.57. The molecule has 1 fully saturated rings. The molecule has 0 heterocycles. The van der Waals surface area contributed by atoms with Crippen molar-refractivity contribution in [3.8, 4) is 5.75 Å². The Balaban J connectivity index is 1.51. The average molecular weight is 398 g/mol. The van der Waals surface area contributed by atoms with Crippen molar-refractivity contribution in [2.45, 2.75) is 37.8 Å². The first-order valence-electron chi connectivity index (χ1n) is 10.2. The quantitative estimate of drug-likeness (QED) is 0.549. The van der Waals surface area contributed by atoms with Crippen LogP contribution in [0.4, 0.5) is 5.69 Å². The predicted molar refractivity (Wildman–Crippen MR) is 115 cm³/mol. The Labute approximate surface area is 172 Å². The molecule has 5 N–H and O–H groups in total. The van der Waals surface area contributed by atoms with Gasteiger partial charge in [0.1, 0.15) is 5.75 Å². The van der Waals surface area contributed by atoms with Gasteiger partial charge in [-0.15, -0.1) is 0 Å². The maximum absolute atomic E-state index is 11.4. The van der Waals surface area contributed by atoms with E-state index in [2.05, 4.69) is 41.5 Å². The number of nitrogens with two attached hydrogens (primary N) is 1. The monoisotopic (exact) mass is 397 g/mol. The van der Waals surface area contributed by atoms with Gasteiger partial charge in [-0.1, -0.05) is 30.7 Å². The van der Waals surface area contributed by atoms with Gasteiger partial charge in [0.05, 0.1) is 11.7 Å². The van der Waals surface area contributed by atoms with Gasteiger partial charge in [0, 0.05) is 31.9 Å². The molecule has 1 aliphatic rings. The van der Waals surface area contributed by atoms with E-state index in [9.17, 15) is 15.0 Å². The molecule has 3 rings (SSSR count). The van der Waals surface area contributed by atoms with E-state index in [1.54, 1.807) is 6.07 Å². The van der Waals surface area contributed by atoms with Gasteiger partial charge in [0.15, 0.2) is 0 Å². The molecule has 0 saturated heterocycles. The molecule has 0 spiro atoms. The highest BCUT2D eigenvalue weighted by molar-refractivity contribution is 5.95. The Morgan fingerprint density at radius 1 is 1.24 bits per heavy atom. The summed E-state index contributed by atoms with van der Waals surface area (Å²) in [6.45, 7) is 1.42. The van der Waals surface area contributed by atoms with Gasteiger partial charge in [-0.25, -0.2) is 0 Å². The zero-order valence-electron chi connectivity index (χ0n) is 16.9. The number of carbonyl (C=O) groups is 1. The van der Waals surface area contributed by atoms with Crippen LogP contribution in [0.15, 0.2) is 48.5 Å². The summed E-state index contributed by atoms with van der Waals surface area (Å²) in [5, 5.41) is 23.7. The number of phenols is 1. The summed E-state index contributed by atoms with van der Waals surface area (Å²) in [7, 11) is 2.14. The average Bonchev–Trinajstić information content (AvgIpc) is 2.73. The number of aliphatic hydroxyl groups is 1. The molecule has 0 radical (unpaired) electrons. The molecule has 6 nitrogen and oxygen atoms in total. The van der Waals surface area contributed by atoms with Crippen molar-refractivity contribution in [1.29, 1.82) is 0 Å². The van der Waals surface area contributed by atoms with Gasteiger partial charge in [-0.3, -0.25) is 4.79 Å². The number of hydrogen-bond donors (Lipinski definition) is 4. The third kappa shape index (κ3) is 5.71. The largest absolute Gasteiger partial charge is 0.507 e. The van der Waals surface area contributed by atoms with E-state index < -0.39 is 12.0 Å². The third-order valence-corrected chi connectivity index (χ3v) is 5.78. The summed E-state index contributed by atoms with van der Waals surface area (Å²) in [6.07, 6.45) is 3.80. The fourth-order valence-corrected chi connectivity index (χ4v) is 4.17. The molecular formula is C23H31N3O3. The number of aliphatic hydroxyl groups excluding tert-OH is 1. The number of amides is 1. The molecule has 0 aromatic heterocycles. The summed E-state index contributed by atoms with van der Waals surface area (Å²) in [5.41, 5.74) is 7.10. The first-order chi connectivity index (χ1) is 13.9. The maximum Gasteiger partial charge on any atom is 0.252 e. The van der Waals surface area contributed by atoms with E-state index in [0.717, 1.165) is 19.4 Å². The number of para-hydroxylation sites is 1. The Morgan fingerprint density at radius 2 is 2.00 bits per heavy atom. The van der Waals surface area contributed by atoms with Crippen LogP contribution in [0.2, 0.25) is 0 Å². The van der Waals surface area contributed by atoms with E-state index >= 15 is 0 Å². The summed E-state index contributed by atoms with van der Waals surface area (Å²) in [6, 6.07) is 15.3. The van der Waals surface area contributed by atoms with Crippen LogP contribution in [0.1, 0.15) is 47.7 Å². The number of hydrogen-bond acceptors (Lipinski definition) is 5. The second-order valence-corrected chi connectivity index (χ2v) is 8.01. The van der Waals surface area contributed by atoms with E-state index in [4.69, 9.17) is 5.73 Å². The maximum atomic E-state index is 11.4. The van der Waals surface area contributed by atoms with Crippen LogP contribution in [0.5, 0.6) is 5.75 Å². The Morgan fingerprint density at radius 3 is 2.72 bits per heavy atom. The summed E-state index contributed by atoms with van der Waals surface area (Å²) in [5.74, 6) is -0.264. The van der Waals surface area contributed by atoms with Crippen LogP contribution in [0.25, 0.3) is 0 Å². The van der Waals surface area contributed by atoms with Crippen LogP contribution in [0.3, 0.4) is 0 Å². The van der Waals surface area contributed by atoms with E-state index in [1.165, 1.54) is 30.7 Å². The highest BCUT2D eigenvalue weighted by Gasteiger charge is 2.24. The molecule has 1 aliphatic carbocycles. The van der Waals surface area contributed by atoms with E-state index in [1.807, 2.05) is 6.07 Å². The van der Waals surface area contributed by atoms with E-state index in [0.29, 0.717) is 24.1 Å². The zero-order chi connectivity index (χ0) is 20.8. The fourth-order valence-electron chi connectivity index (χ4n) is 4.17. The van der Waals surface area contributed by atoms with Gasteiger partial charge in [0.25, 0.3) is 5.91 Å². The summed E-state index contributed by atoms with van der Waals surface area (Å²) >= 11 is 0. The van der Waals surface area contributed by atoms with Crippen LogP contribution >= 0.6 is 0 Å². The number of primary amides is 1. The fraction of sp³-hybridized carbons (Fsp3) is 0.435. The lowest BCUT2D eigenvalue weighted by Crippen LogP contribution is -2.39. The predicted octanol–water partition coefficient (Wildman–Crippen LogP) is 2.81. The van der Waals surface area contributed by atoms with Crippen molar-refractivity contribution < 1.29 is 15.0 Å². The summed E-state index contributed by atoms with van der Waals surface area (Å²) < 4.78 is 0. The molecule has 3 unspecified atom stereocenters. The van der Waals surface area contributed by atoms with Crippen LogP contribution in [0, 0.1) is 5.92 Å². The Bertz CT molecular complexity index is 812. The highest BCUT2D eigenvalue weighted by Crippen LogP contribution is 2.27. The standard InChI is InChI=1S/C23H31N3O3/c1-26(19-8-3-2-4-9-19)15-16-6-5-7-18(12-16)25-14-22(28)17-10-11-21(27)20(13-17)23(24)29/h2-4,8-11,13,16,18,22,25,27-28H,5-7,12,14-15H2,1H3,(H2,24,29). The molecule has 156 valence electrons. The van der Waals surface area contributed by atoms with Crippen molar-refractivity contribution in [3.63, 3.8) is 0 Å². The minimum absolute atomic E-state index is 0.0308. The highest BCUT2D eigenvalue weighted by atomic mass is 16.3. The molecule has 2 aromatic rings. The zero-order valence-corrected chi connectivity index (χ0v) is 16.9. The smallest absolute Gasteiger partial charge is 0.252 e. The normalized spacial score (nSPS) is 20.2. The number of nitrogens with one attached hydrogen (secondary N) is 1. The molecular weight excluding hydrogens is 366 g/mol. The number of carbonyl (C=O) groups excluding carboxylic acids is 1. The molecule has 1 amide bonds. The van der Waals surface area contributed by atoms with Gasteiger partial charge < -0.3 is 26.2 Å². The number of rotatable bonds is 8. The first kappa shape index (κ1) is 21.1. The number of benzene rings is 2. The van der Waals surface area contributed by atoms with Crippen LogP contribution in [-0.4, -0.2) is 42.3 Å². The van der Waals surface area contributed by atoms with E-state index in [-0.39, 0.29) is 11.3 Å². The van der Waals surface area contributed by atoms with Crippen molar-refractivity contribution in [1.82, 2.24) is 5.32 Å². The lowest BCUT2D eigenvalue weighted by Gasteiger charge is -2.33. The van der Waals surface area contributed by atoms with Crippen molar-refractivity contribution in [2.75, 3.05) is 25.0 Å². The molecule has 2 aromatic carbocycles. The van der Waals surface area contributed by atoms with Crippen molar-refractivity contribution in [2.24, 2.45) is 11.7 Å². The number of anilines is 1. The molecule has 0 bridgehead atoms. The first-order valence-corrected chi connectivity index (χ1v) is 10.2. The van der Waals surface area contributed by atoms with Crippen molar-refractivity contribution in [3.05, 3.63) is 59.7 Å². The number of aromatic hydroxyl groups is 1. The Kier molecular flexibility index (Phi) is 7.12. The molecule has 0 aliphatic heterocycles. The molecule has 29 heavy (non-hydrogen) atoms. The lowest BCUT2D eigenvalue weighted by molar-refractivity contribution is 0.0997. The lowest BCUT2D eigenvalue weighted by atomic mass is 9.85. The molecule has 3 atom stereocenters. The van der Waals surface area contributed by atoms with Crippen LogP contribution in [-0.2, 0) is 0 Å². The third-order valence-electron chi connectivity index (χ3n) is 5.78. The van der Waals surface area contributed by atoms with Crippen LogP contribution < -0.4 is 16.0 Å². The number of nitrogens with zero attached hydrogens (tertiary/aromatic N) is 1. The second kappa shape index (κ2) is 9.76. The van der Waals surface area contributed by atoms with Gasteiger partial charge in [-0.2, -0.15) is 0 Å².